The van der Waals surface area contributed by atoms with Gasteiger partial charge in [0, 0.05) is 16.1 Å². The Kier molecular flexibility index (Phi) is 6.28. The minimum Gasteiger partial charge on any atom is -0.494 e. The highest BCUT2D eigenvalue weighted by Gasteiger charge is 2.30. The summed E-state index contributed by atoms with van der Waals surface area (Å²) in [5.41, 5.74) is 2.47. The lowest BCUT2D eigenvalue weighted by Crippen LogP contribution is -2.12. The van der Waals surface area contributed by atoms with Crippen LogP contribution in [0.15, 0.2) is 66.4 Å². The lowest BCUT2D eigenvalue weighted by Gasteiger charge is -2.11. The summed E-state index contributed by atoms with van der Waals surface area (Å²) in [5.74, 6) is 1.57. The summed E-state index contributed by atoms with van der Waals surface area (Å²) in [4.78, 5) is 25.2. The smallest absolute Gasteiger partial charge is 0.231 e. The van der Waals surface area contributed by atoms with E-state index in [1.165, 1.54) is 0 Å². The molecule has 6 heteroatoms. The van der Waals surface area contributed by atoms with Gasteiger partial charge in [-0.15, -0.1) is 0 Å². The van der Waals surface area contributed by atoms with Gasteiger partial charge in [-0.25, -0.2) is 0 Å². The van der Waals surface area contributed by atoms with Crippen molar-refractivity contribution in [3.63, 3.8) is 0 Å². The molecule has 0 bridgehead atoms. The van der Waals surface area contributed by atoms with Crippen LogP contribution in [0.2, 0.25) is 5.02 Å². The molecule has 0 fully saturated rings. The van der Waals surface area contributed by atoms with E-state index >= 15 is 0 Å². The van der Waals surface area contributed by atoms with E-state index < -0.39 is 0 Å². The fraction of sp³-hybridized carbons (Fsp3) is 0.154. The zero-order valence-corrected chi connectivity index (χ0v) is 18.4. The molecule has 0 amide bonds. The van der Waals surface area contributed by atoms with E-state index in [4.69, 9.17) is 25.8 Å². The van der Waals surface area contributed by atoms with Crippen molar-refractivity contribution < 1.29 is 23.8 Å². The second-order valence-corrected chi connectivity index (χ2v) is 7.66. The van der Waals surface area contributed by atoms with Gasteiger partial charge in [0.2, 0.25) is 5.78 Å². The van der Waals surface area contributed by atoms with E-state index in [-0.39, 0.29) is 23.9 Å². The lowest BCUT2D eigenvalue weighted by molar-refractivity contribution is 0.0920. The molecule has 3 aromatic rings. The number of ketones is 2. The molecular weight excluding hydrogens is 428 g/mol. The van der Waals surface area contributed by atoms with Crippen LogP contribution >= 0.6 is 11.6 Å². The Morgan fingerprint density at radius 2 is 1.72 bits per heavy atom. The van der Waals surface area contributed by atoms with Crippen molar-refractivity contribution in [2.24, 2.45) is 0 Å². The molecule has 1 aliphatic heterocycles. The Morgan fingerprint density at radius 3 is 2.41 bits per heavy atom. The maximum atomic E-state index is 12.8. The number of hydrogen-bond donors (Lipinski definition) is 0. The fourth-order valence-electron chi connectivity index (χ4n) is 3.37. The minimum atomic E-state index is -0.194. The van der Waals surface area contributed by atoms with Gasteiger partial charge >= 0.3 is 0 Å². The van der Waals surface area contributed by atoms with E-state index in [0.717, 1.165) is 11.3 Å². The number of rotatable bonds is 7. The third-order valence-electron chi connectivity index (χ3n) is 5.05. The molecule has 1 aliphatic rings. The van der Waals surface area contributed by atoms with Gasteiger partial charge in [-0.2, -0.15) is 0 Å². The van der Waals surface area contributed by atoms with Gasteiger partial charge in [0.05, 0.1) is 12.2 Å². The molecule has 0 radical (unpaired) electrons. The molecule has 5 nitrogen and oxygen atoms in total. The van der Waals surface area contributed by atoms with Crippen LogP contribution in [-0.2, 0) is 0 Å². The Labute approximate surface area is 191 Å². The maximum absolute atomic E-state index is 12.8. The summed E-state index contributed by atoms with van der Waals surface area (Å²) >= 11 is 5.86. The molecule has 0 aliphatic carbocycles. The molecule has 0 spiro atoms. The van der Waals surface area contributed by atoms with Crippen LogP contribution in [0.3, 0.4) is 0 Å². The largest absolute Gasteiger partial charge is 0.494 e. The van der Waals surface area contributed by atoms with Gasteiger partial charge in [0.15, 0.2) is 18.1 Å². The van der Waals surface area contributed by atoms with Gasteiger partial charge < -0.3 is 14.2 Å². The molecule has 162 valence electrons. The van der Waals surface area contributed by atoms with Crippen LogP contribution in [0.1, 0.15) is 38.8 Å². The monoisotopic (exact) mass is 448 g/mol. The predicted molar refractivity (Wildman–Crippen MR) is 123 cm³/mol. The molecular formula is C26H21ClO5. The first-order chi connectivity index (χ1) is 15.5. The highest BCUT2D eigenvalue weighted by molar-refractivity contribution is 6.30. The Balaban J connectivity index is 1.49. The predicted octanol–water partition coefficient (Wildman–Crippen LogP) is 5.93. The van der Waals surface area contributed by atoms with Crippen molar-refractivity contribution in [2.45, 2.75) is 13.8 Å². The Hall–Kier alpha value is -3.57. The molecule has 0 saturated carbocycles. The number of Topliss-reactive ketones (excluding diaryl/α,β-unsaturated/α-hetero) is 2. The number of benzene rings is 3. The number of ether oxygens (including phenoxy) is 3. The summed E-state index contributed by atoms with van der Waals surface area (Å²) in [6.07, 6.45) is 1.70. The molecule has 3 aromatic carbocycles. The second kappa shape index (κ2) is 9.28. The van der Waals surface area contributed by atoms with Crippen LogP contribution < -0.4 is 14.2 Å². The van der Waals surface area contributed by atoms with E-state index in [2.05, 4.69) is 0 Å². The molecule has 0 saturated heterocycles. The van der Waals surface area contributed by atoms with E-state index in [9.17, 15) is 9.59 Å². The van der Waals surface area contributed by atoms with Gasteiger partial charge in [-0.1, -0.05) is 23.7 Å². The molecule has 0 N–H and O–H groups in total. The van der Waals surface area contributed by atoms with E-state index in [0.29, 0.717) is 39.8 Å². The van der Waals surface area contributed by atoms with E-state index in [1.807, 2.05) is 31.2 Å². The SMILES string of the molecule is CCOc1ccc(/C=C2\Oc3c(ccc(OCC(=O)c4ccc(Cl)cc4)c3C)C2=O)cc1. The molecule has 4 rings (SSSR count). The van der Waals surface area contributed by atoms with E-state index in [1.54, 1.807) is 49.4 Å². The summed E-state index contributed by atoms with van der Waals surface area (Å²) in [5, 5.41) is 0.563. The van der Waals surface area contributed by atoms with Gasteiger partial charge in [-0.3, -0.25) is 9.59 Å². The molecule has 0 atom stereocenters. The fourth-order valence-corrected chi connectivity index (χ4v) is 3.49. The van der Waals surface area contributed by atoms with Crippen LogP contribution in [0.4, 0.5) is 0 Å². The van der Waals surface area contributed by atoms with Crippen molar-refractivity contribution >= 4 is 29.2 Å². The zero-order valence-electron chi connectivity index (χ0n) is 17.7. The Bertz CT molecular complexity index is 1190. The lowest BCUT2D eigenvalue weighted by atomic mass is 10.1. The average molecular weight is 449 g/mol. The number of allylic oxidation sites excluding steroid dienone is 1. The number of carbonyl (C=O) groups is 2. The number of carbonyl (C=O) groups excluding carboxylic acids is 2. The summed E-state index contributed by atoms with van der Waals surface area (Å²) in [7, 11) is 0. The highest BCUT2D eigenvalue weighted by atomic mass is 35.5. The first-order valence-electron chi connectivity index (χ1n) is 10.2. The number of halogens is 1. The standard InChI is InChI=1S/C26H21ClO5/c1-3-30-20-10-4-17(5-11-20)14-24-25(29)21-12-13-23(16(2)26(21)32-24)31-15-22(28)18-6-8-19(27)9-7-18/h4-14H,3,15H2,1-2H3/b24-14-. The molecule has 0 unspecified atom stereocenters. The zero-order chi connectivity index (χ0) is 22.7. The summed E-state index contributed by atoms with van der Waals surface area (Å²) < 4.78 is 17.0. The van der Waals surface area contributed by atoms with Crippen LogP contribution in [-0.4, -0.2) is 24.8 Å². The topological polar surface area (TPSA) is 61.8 Å². The van der Waals surface area contributed by atoms with Gasteiger partial charge in [-0.05, 0) is 74.0 Å². The van der Waals surface area contributed by atoms with Crippen molar-refractivity contribution in [3.05, 3.63) is 93.7 Å². The second-order valence-electron chi connectivity index (χ2n) is 7.23. The third-order valence-corrected chi connectivity index (χ3v) is 5.30. The first-order valence-corrected chi connectivity index (χ1v) is 10.6. The quantitative estimate of drug-likeness (QED) is 0.331. The van der Waals surface area contributed by atoms with Crippen molar-refractivity contribution in [2.75, 3.05) is 13.2 Å². The minimum absolute atomic E-state index is 0.135. The molecule has 32 heavy (non-hydrogen) atoms. The van der Waals surface area contributed by atoms with Crippen LogP contribution in [0, 0.1) is 6.92 Å². The number of hydrogen-bond acceptors (Lipinski definition) is 5. The third kappa shape index (κ3) is 4.53. The first kappa shape index (κ1) is 21.7. The van der Waals surface area contributed by atoms with Crippen LogP contribution in [0.25, 0.3) is 6.08 Å². The highest BCUT2D eigenvalue weighted by Crippen LogP contribution is 2.39. The summed E-state index contributed by atoms with van der Waals surface area (Å²) in [6.45, 7) is 4.18. The Morgan fingerprint density at radius 1 is 1.00 bits per heavy atom. The summed E-state index contributed by atoms with van der Waals surface area (Å²) in [6, 6.07) is 17.4. The molecule has 0 aromatic heterocycles. The van der Waals surface area contributed by atoms with Gasteiger partial charge in [0.1, 0.15) is 17.2 Å². The average Bonchev–Trinajstić information content (AvgIpc) is 3.11. The van der Waals surface area contributed by atoms with Gasteiger partial charge in [0.25, 0.3) is 0 Å². The van der Waals surface area contributed by atoms with Crippen LogP contribution in [0.5, 0.6) is 17.2 Å². The normalized spacial score (nSPS) is 13.6. The molecule has 1 heterocycles. The maximum Gasteiger partial charge on any atom is 0.231 e. The van der Waals surface area contributed by atoms with Crippen molar-refractivity contribution in [1.29, 1.82) is 0 Å². The van der Waals surface area contributed by atoms with Crippen molar-refractivity contribution in [1.82, 2.24) is 0 Å². The van der Waals surface area contributed by atoms with Crippen molar-refractivity contribution in [3.8, 4) is 17.2 Å². The number of fused-ring (bicyclic) bond motifs is 1.